The first-order chi connectivity index (χ1) is 24.2. The van der Waals surface area contributed by atoms with Crippen molar-refractivity contribution >= 4 is 76.4 Å². The fourth-order valence-electron chi connectivity index (χ4n) is 4.24. The van der Waals surface area contributed by atoms with Crippen LogP contribution in [0.1, 0.15) is 26.5 Å². The number of nitrogens with one attached hydrogen (secondary N) is 2. The quantitative estimate of drug-likeness (QED) is 0.0401. The molecule has 29 heteroatoms. The van der Waals surface area contributed by atoms with E-state index >= 15 is 0 Å². The van der Waals surface area contributed by atoms with Gasteiger partial charge in [-0.3, -0.25) is 32.5 Å². The molecule has 7 atom stereocenters. The summed E-state index contributed by atoms with van der Waals surface area (Å²) in [7, 11) is -16.3. The monoisotopic (exact) mass is 825 g/mol. The maximum absolute atomic E-state index is 12.6. The van der Waals surface area contributed by atoms with Gasteiger partial charge in [0.15, 0.2) is 23.3 Å². The van der Waals surface area contributed by atoms with Crippen LogP contribution >= 0.6 is 35.2 Å². The van der Waals surface area contributed by atoms with Crippen molar-refractivity contribution in [1.29, 1.82) is 0 Å². The van der Waals surface area contributed by atoms with Crippen LogP contribution in [0.5, 0.6) is 0 Å². The number of rotatable bonds is 20. The van der Waals surface area contributed by atoms with E-state index in [1.807, 2.05) is 6.79 Å². The van der Waals surface area contributed by atoms with Crippen molar-refractivity contribution in [3.8, 4) is 0 Å². The molecule has 1 saturated heterocycles. The molecule has 0 spiro atoms. The van der Waals surface area contributed by atoms with Crippen LogP contribution in [0.4, 0.5) is 5.82 Å². The molecular weight excluding hydrogens is 787 g/mol. The van der Waals surface area contributed by atoms with Crippen molar-refractivity contribution in [3.05, 3.63) is 12.7 Å². The maximum atomic E-state index is 12.6. The minimum Gasteiger partial charge on any atom is -0.386 e. The first kappa shape index (κ1) is 45.4. The van der Waals surface area contributed by atoms with E-state index in [1.165, 1.54) is 13.8 Å². The van der Waals surface area contributed by atoms with Crippen LogP contribution in [0.15, 0.2) is 12.7 Å². The standard InChI is InChI=1S/C22H36N7O17P3S.CH2O/c1-22(2,17(33)20(34)25-4-3-13(31)24-5-6-50-11-30)8-43-49(40,41)46-48(38,39)42-7-12-16(45-47(35,36)37)15(32)21(44-12)29-10-28-14-18(23)26-9-27-19(14)29;1-2/h9-12,15-17,21,32-33H,3-8H2,1-2H3,(H,24,31)(H,25,34)(H,38,39)(H,40,41)(H2,23,26,27)(H2,35,36,37);1H2/t12-,15-,16-,17?,21-;/m1./s1. The number of aliphatic hydroxyl groups is 2. The Bertz CT molecular complexity index is 1680. The SMILES string of the molecule is C=O.CC(C)(COP(=O)(O)OP(=O)(O)OC[C@H]1O[C@@H](n2cnc3c(N)ncnc32)[C@H](O)[C@@H]1OP(=O)(O)O)C(O)C(=O)NCCC(=O)NCCSC=O. The van der Waals surface area contributed by atoms with Gasteiger partial charge in [-0.15, -0.1) is 0 Å². The van der Waals surface area contributed by atoms with Gasteiger partial charge in [0.1, 0.15) is 43.0 Å². The molecular formula is C23H38N7O18P3S. The first-order valence-corrected chi connectivity index (χ1v) is 20.0. The second-order valence-corrected chi connectivity index (χ2v) is 16.2. The van der Waals surface area contributed by atoms with Crippen LogP contribution in [0, 0.1) is 5.41 Å². The fourth-order valence-corrected chi connectivity index (χ4v) is 7.38. The molecule has 2 aromatic heterocycles. The van der Waals surface area contributed by atoms with Gasteiger partial charge in [0.2, 0.25) is 11.8 Å². The van der Waals surface area contributed by atoms with Gasteiger partial charge in [0.05, 0.1) is 19.5 Å². The third-order valence-corrected chi connectivity index (χ3v) is 10.4. The Balaban J connectivity index is 0.00000460. The molecule has 0 aliphatic carbocycles. The highest BCUT2D eigenvalue weighted by Crippen LogP contribution is 2.61. The Kier molecular flexibility index (Phi) is 17.0. The summed E-state index contributed by atoms with van der Waals surface area (Å²) in [5, 5.41) is 26.1. The molecule has 1 fully saturated rings. The number of nitrogens with zero attached hydrogens (tertiary/aromatic N) is 4. The van der Waals surface area contributed by atoms with Gasteiger partial charge < -0.3 is 55.7 Å². The van der Waals surface area contributed by atoms with Gasteiger partial charge in [-0.05, 0) is 0 Å². The molecule has 0 radical (unpaired) electrons. The molecule has 3 rings (SSSR count). The van der Waals surface area contributed by atoms with Gasteiger partial charge >= 0.3 is 23.5 Å². The van der Waals surface area contributed by atoms with E-state index in [1.54, 1.807) is 0 Å². The lowest BCUT2D eigenvalue weighted by Crippen LogP contribution is -2.46. The number of phosphoric ester groups is 3. The molecule has 52 heavy (non-hydrogen) atoms. The summed E-state index contributed by atoms with van der Waals surface area (Å²) < 4.78 is 61.7. The van der Waals surface area contributed by atoms with Crippen LogP contribution in [-0.4, -0.2) is 130 Å². The number of fused-ring (bicyclic) bond motifs is 1. The molecule has 0 aromatic carbocycles. The highest BCUT2D eigenvalue weighted by Gasteiger charge is 2.50. The summed E-state index contributed by atoms with van der Waals surface area (Å²) >= 11 is 0.960. The van der Waals surface area contributed by atoms with Gasteiger partial charge in [0.25, 0.3) is 0 Å². The molecule has 10 N–H and O–H groups in total. The Hall–Kier alpha value is -2.77. The second kappa shape index (κ2) is 19.5. The molecule has 1 aliphatic rings. The zero-order chi connectivity index (χ0) is 39.5. The Labute approximate surface area is 298 Å². The number of amides is 2. The lowest BCUT2D eigenvalue weighted by Gasteiger charge is -2.30. The topological polar surface area (TPSA) is 381 Å². The molecule has 2 amide bonds. The largest absolute Gasteiger partial charge is 0.481 e. The Morgan fingerprint density at radius 3 is 2.40 bits per heavy atom. The van der Waals surface area contributed by atoms with Crippen LogP contribution in [0.25, 0.3) is 11.2 Å². The normalized spacial score (nSPS) is 22.0. The van der Waals surface area contributed by atoms with Crippen molar-refractivity contribution in [2.75, 3.05) is 37.8 Å². The van der Waals surface area contributed by atoms with E-state index in [2.05, 4.69) is 34.4 Å². The summed E-state index contributed by atoms with van der Waals surface area (Å²) in [4.78, 5) is 93.1. The number of nitrogen functional groups attached to an aromatic ring is 1. The average Bonchev–Trinajstić information content (AvgIpc) is 3.62. The van der Waals surface area contributed by atoms with Crippen LogP contribution in [0.3, 0.4) is 0 Å². The molecule has 3 unspecified atom stereocenters. The fraction of sp³-hybridized carbons (Fsp3) is 0.609. The third kappa shape index (κ3) is 13.6. The molecule has 0 bridgehead atoms. The van der Waals surface area contributed by atoms with E-state index in [4.69, 9.17) is 24.3 Å². The smallest absolute Gasteiger partial charge is 0.386 e. The number of nitrogens with two attached hydrogens (primary N) is 1. The van der Waals surface area contributed by atoms with Crippen LogP contribution < -0.4 is 16.4 Å². The summed E-state index contributed by atoms with van der Waals surface area (Å²) in [6.07, 6.45) is -6.88. The molecule has 294 valence electrons. The summed E-state index contributed by atoms with van der Waals surface area (Å²) in [6, 6.07) is 0. The van der Waals surface area contributed by atoms with Crippen molar-refractivity contribution in [2.45, 2.75) is 50.9 Å². The van der Waals surface area contributed by atoms with Crippen LogP contribution in [-0.2, 0) is 55.5 Å². The number of ether oxygens (including phenoxy) is 1. The first-order valence-electron chi connectivity index (χ1n) is 14.4. The van der Waals surface area contributed by atoms with Gasteiger partial charge in [-0.2, -0.15) is 4.31 Å². The van der Waals surface area contributed by atoms with Gasteiger partial charge in [-0.1, -0.05) is 25.6 Å². The number of aliphatic hydroxyl groups excluding tert-OH is 2. The minimum absolute atomic E-state index is 0.0309. The number of carbonyl (C=O) groups is 4. The number of imidazole rings is 1. The van der Waals surface area contributed by atoms with Gasteiger partial charge in [-0.25, -0.2) is 28.6 Å². The maximum Gasteiger partial charge on any atom is 0.481 e. The highest BCUT2D eigenvalue weighted by molar-refractivity contribution is 8.11. The lowest BCUT2D eigenvalue weighted by atomic mass is 9.87. The number of aromatic nitrogens is 4. The summed E-state index contributed by atoms with van der Waals surface area (Å²) in [5.41, 5.74) is 4.88. The molecule has 1 aliphatic heterocycles. The number of hydrogen-bond acceptors (Lipinski definition) is 19. The average molecular weight is 826 g/mol. The van der Waals surface area contributed by atoms with E-state index in [0.717, 1.165) is 29.0 Å². The van der Waals surface area contributed by atoms with Crippen molar-refractivity contribution < 1.29 is 85.3 Å². The second-order valence-electron chi connectivity index (χ2n) is 11.0. The molecule has 3 heterocycles. The summed E-state index contributed by atoms with van der Waals surface area (Å²) in [5.74, 6) is -1.09. The molecule has 2 aromatic rings. The van der Waals surface area contributed by atoms with Crippen molar-refractivity contribution in [1.82, 2.24) is 30.2 Å². The van der Waals surface area contributed by atoms with Gasteiger partial charge in [0, 0.05) is 30.7 Å². The zero-order valence-corrected chi connectivity index (χ0v) is 30.8. The predicted molar refractivity (Wildman–Crippen MR) is 176 cm³/mol. The minimum atomic E-state index is -5.55. The summed E-state index contributed by atoms with van der Waals surface area (Å²) in [6.45, 7) is 2.52. The van der Waals surface area contributed by atoms with Crippen molar-refractivity contribution in [3.63, 3.8) is 0 Å². The Morgan fingerprint density at radius 1 is 1.12 bits per heavy atom. The Morgan fingerprint density at radius 2 is 1.77 bits per heavy atom. The van der Waals surface area contributed by atoms with E-state index in [0.29, 0.717) is 11.4 Å². The van der Waals surface area contributed by atoms with Crippen LogP contribution in [0.2, 0.25) is 0 Å². The lowest BCUT2D eigenvalue weighted by molar-refractivity contribution is -0.137. The van der Waals surface area contributed by atoms with E-state index in [9.17, 15) is 57.9 Å². The number of hydrogen-bond donors (Lipinski definition) is 9. The van der Waals surface area contributed by atoms with Crippen molar-refractivity contribution in [2.24, 2.45) is 5.41 Å². The van der Waals surface area contributed by atoms with E-state index in [-0.39, 0.29) is 36.5 Å². The molecule has 0 saturated carbocycles. The number of anilines is 1. The van der Waals surface area contributed by atoms with E-state index < -0.39 is 84.6 Å². The third-order valence-electron chi connectivity index (χ3n) is 6.69. The zero-order valence-electron chi connectivity index (χ0n) is 27.3. The number of thioether (sulfide) groups is 1. The number of carbonyl (C=O) groups excluding carboxylic acids is 4. The highest BCUT2D eigenvalue weighted by atomic mass is 32.2. The predicted octanol–water partition coefficient (Wildman–Crippen LogP) is -1.86. The molecule has 25 nitrogen and oxygen atoms in total. The number of phosphoric acid groups is 3.